The van der Waals surface area contributed by atoms with Crippen LogP contribution in [0.25, 0.3) is 0 Å². The lowest BCUT2D eigenvalue weighted by atomic mass is 10.1. The van der Waals surface area contributed by atoms with Crippen LogP contribution in [-0.2, 0) is 0 Å². The Bertz CT molecular complexity index is 651. The predicted octanol–water partition coefficient (Wildman–Crippen LogP) is 2.76. The summed E-state index contributed by atoms with van der Waals surface area (Å²) in [7, 11) is 2.07. The minimum Gasteiger partial charge on any atom is -0.399 e. The average Bonchev–Trinajstić information content (AvgIpc) is 2.67. The predicted molar refractivity (Wildman–Crippen MR) is 86.9 cm³/mol. The molecule has 0 fully saturated rings. The lowest BCUT2D eigenvalue weighted by Crippen LogP contribution is -2.31. The fraction of sp³-hybridized carbons (Fsp3) is 0.235. The summed E-state index contributed by atoms with van der Waals surface area (Å²) in [5, 5.41) is 0. The molecule has 4 nitrogen and oxygen atoms in total. The van der Waals surface area contributed by atoms with Crippen molar-refractivity contribution in [2.45, 2.75) is 6.42 Å². The summed E-state index contributed by atoms with van der Waals surface area (Å²) < 4.78 is 0. The molecule has 4 heteroatoms. The maximum atomic E-state index is 12.8. The van der Waals surface area contributed by atoms with Crippen molar-refractivity contribution in [2.24, 2.45) is 0 Å². The number of carbonyl (C=O) groups is 1. The van der Waals surface area contributed by atoms with Gasteiger partial charge in [0.05, 0.1) is 11.4 Å². The van der Waals surface area contributed by atoms with Crippen LogP contribution in [0, 0.1) is 0 Å². The molecule has 2 aromatic rings. The normalized spacial score (nSPS) is 14.5. The van der Waals surface area contributed by atoms with Gasteiger partial charge in [-0.3, -0.25) is 4.79 Å². The first-order valence-corrected chi connectivity index (χ1v) is 7.14. The van der Waals surface area contributed by atoms with Crippen LogP contribution >= 0.6 is 0 Å². The molecule has 108 valence electrons. The molecule has 0 radical (unpaired) electrons. The van der Waals surface area contributed by atoms with E-state index in [0.29, 0.717) is 11.3 Å². The van der Waals surface area contributed by atoms with E-state index in [-0.39, 0.29) is 5.91 Å². The van der Waals surface area contributed by atoms with Gasteiger partial charge in [0.25, 0.3) is 5.91 Å². The zero-order valence-electron chi connectivity index (χ0n) is 12.1. The maximum absolute atomic E-state index is 12.8. The number of carbonyl (C=O) groups excluding carboxylic acids is 1. The van der Waals surface area contributed by atoms with Gasteiger partial charge in [0, 0.05) is 31.4 Å². The summed E-state index contributed by atoms with van der Waals surface area (Å²) >= 11 is 0. The van der Waals surface area contributed by atoms with Crippen molar-refractivity contribution in [1.82, 2.24) is 0 Å². The van der Waals surface area contributed by atoms with Crippen molar-refractivity contribution in [3.05, 3.63) is 54.1 Å². The summed E-state index contributed by atoms with van der Waals surface area (Å²) in [5.74, 6) is 0.0257. The zero-order valence-corrected chi connectivity index (χ0v) is 12.1. The molecule has 0 unspecified atom stereocenters. The van der Waals surface area contributed by atoms with Gasteiger partial charge in [-0.05, 0) is 42.8 Å². The highest BCUT2D eigenvalue weighted by Crippen LogP contribution is 2.32. The molecule has 1 amide bonds. The molecule has 0 saturated carbocycles. The molecule has 2 N–H and O–H groups in total. The lowest BCUT2D eigenvalue weighted by Gasteiger charge is -2.24. The summed E-state index contributed by atoms with van der Waals surface area (Å²) in [4.78, 5) is 16.9. The van der Waals surface area contributed by atoms with E-state index in [9.17, 15) is 4.79 Å². The standard InChI is InChI=1S/C17H19N3O/c1-19-11-4-12-20(16-6-3-2-5-15(16)19)17(21)13-7-9-14(18)10-8-13/h2-3,5-10H,4,11-12,18H2,1H3. The van der Waals surface area contributed by atoms with Crippen molar-refractivity contribution < 1.29 is 4.79 Å². The van der Waals surface area contributed by atoms with E-state index >= 15 is 0 Å². The molecule has 2 aromatic carbocycles. The van der Waals surface area contributed by atoms with Crippen LogP contribution < -0.4 is 15.5 Å². The largest absolute Gasteiger partial charge is 0.399 e. The Morgan fingerprint density at radius 3 is 2.38 bits per heavy atom. The molecular formula is C17H19N3O. The Kier molecular flexibility index (Phi) is 3.52. The summed E-state index contributed by atoms with van der Waals surface area (Å²) in [6, 6.07) is 15.2. The van der Waals surface area contributed by atoms with Gasteiger partial charge >= 0.3 is 0 Å². The summed E-state index contributed by atoms with van der Waals surface area (Å²) in [5.41, 5.74) is 9.10. The van der Waals surface area contributed by atoms with Gasteiger partial charge in [0.1, 0.15) is 0 Å². The van der Waals surface area contributed by atoms with E-state index in [0.717, 1.165) is 30.9 Å². The summed E-state index contributed by atoms with van der Waals surface area (Å²) in [6.45, 7) is 1.67. The number of para-hydroxylation sites is 2. The highest BCUT2D eigenvalue weighted by atomic mass is 16.2. The van der Waals surface area contributed by atoms with Crippen molar-refractivity contribution in [2.75, 3.05) is 35.7 Å². The minimum absolute atomic E-state index is 0.0257. The molecule has 21 heavy (non-hydrogen) atoms. The van der Waals surface area contributed by atoms with Gasteiger partial charge in [-0.15, -0.1) is 0 Å². The number of nitrogen functional groups attached to an aromatic ring is 1. The van der Waals surface area contributed by atoms with Crippen LogP contribution in [0.15, 0.2) is 48.5 Å². The molecule has 0 aliphatic carbocycles. The first-order chi connectivity index (χ1) is 10.2. The number of nitrogens with zero attached hydrogens (tertiary/aromatic N) is 2. The first kappa shape index (κ1) is 13.5. The number of hydrogen-bond acceptors (Lipinski definition) is 3. The Morgan fingerprint density at radius 1 is 1.00 bits per heavy atom. The number of benzene rings is 2. The van der Waals surface area contributed by atoms with Crippen molar-refractivity contribution >= 4 is 23.0 Å². The van der Waals surface area contributed by atoms with E-state index < -0.39 is 0 Å². The molecule has 0 spiro atoms. The second kappa shape index (κ2) is 5.48. The molecule has 1 aliphatic heterocycles. The highest BCUT2D eigenvalue weighted by Gasteiger charge is 2.23. The molecule has 0 atom stereocenters. The van der Waals surface area contributed by atoms with Crippen LogP contribution in [-0.4, -0.2) is 26.0 Å². The van der Waals surface area contributed by atoms with E-state index in [1.54, 1.807) is 24.3 Å². The fourth-order valence-electron chi connectivity index (χ4n) is 2.71. The molecule has 1 aliphatic rings. The van der Waals surface area contributed by atoms with Gasteiger partial charge in [-0.2, -0.15) is 0 Å². The second-order valence-corrected chi connectivity index (χ2v) is 5.34. The third-order valence-corrected chi connectivity index (χ3v) is 3.86. The molecule has 0 aromatic heterocycles. The van der Waals surface area contributed by atoms with Crippen LogP contribution in [0.1, 0.15) is 16.8 Å². The second-order valence-electron chi connectivity index (χ2n) is 5.34. The van der Waals surface area contributed by atoms with E-state index in [2.05, 4.69) is 18.0 Å². The van der Waals surface area contributed by atoms with Gasteiger partial charge in [0.15, 0.2) is 0 Å². The highest BCUT2D eigenvalue weighted by molar-refractivity contribution is 6.08. The quantitative estimate of drug-likeness (QED) is 0.818. The average molecular weight is 281 g/mol. The third-order valence-electron chi connectivity index (χ3n) is 3.86. The minimum atomic E-state index is 0.0257. The maximum Gasteiger partial charge on any atom is 0.258 e. The number of nitrogens with two attached hydrogens (primary N) is 1. The first-order valence-electron chi connectivity index (χ1n) is 7.14. The van der Waals surface area contributed by atoms with Crippen LogP contribution in [0.4, 0.5) is 17.1 Å². The van der Waals surface area contributed by atoms with E-state index in [1.807, 2.05) is 23.1 Å². The Labute approximate surface area is 124 Å². The number of amides is 1. The van der Waals surface area contributed by atoms with Gasteiger partial charge in [-0.1, -0.05) is 12.1 Å². The van der Waals surface area contributed by atoms with Crippen molar-refractivity contribution in [3.8, 4) is 0 Å². The lowest BCUT2D eigenvalue weighted by molar-refractivity contribution is 0.0987. The van der Waals surface area contributed by atoms with Crippen molar-refractivity contribution in [3.63, 3.8) is 0 Å². The molecule has 0 bridgehead atoms. The van der Waals surface area contributed by atoms with E-state index in [4.69, 9.17) is 5.73 Å². The van der Waals surface area contributed by atoms with Crippen molar-refractivity contribution in [1.29, 1.82) is 0 Å². The molecule has 1 heterocycles. The van der Waals surface area contributed by atoms with Crippen LogP contribution in [0.5, 0.6) is 0 Å². The molecule has 0 saturated heterocycles. The van der Waals surface area contributed by atoms with Gasteiger partial charge in [-0.25, -0.2) is 0 Å². The molecule has 3 rings (SSSR count). The smallest absolute Gasteiger partial charge is 0.258 e. The van der Waals surface area contributed by atoms with Crippen LogP contribution in [0.3, 0.4) is 0 Å². The zero-order chi connectivity index (χ0) is 14.8. The van der Waals surface area contributed by atoms with E-state index in [1.165, 1.54) is 0 Å². The number of rotatable bonds is 1. The number of anilines is 3. The number of fused-ring (bicyclic) bond motifs is 1. The monoisotopic (exact) mass is 281 g/mol. The Balaban J connectivity index is 1.99. The number of hydrogen-bond donors (Lipinski definition) is 1. The molecular weight excluding hydrogens is 262 g/mol. The summed E-state index contributed by atoms with van der Waals surface area (Å²) in [6.07, 6.45) is 0.950. The van der Waals surface area contributed by atoms with Gasteiger partial charge < -0.3 is 15.5 Å². The SMILES string of the molecule is CN1CCCN(C(=O)c2ccc(N)cc2)c2ccccc21. The topological polar surface area (TPSA) is 49.6 Å². The third kappa shape index (κ3) is 2.57. The van der Waals surface area contributed by atoms with Crippen LogP contribution in [0.2, 0.25) is 0 Å². The van der Waals surface area contributed by atoms with Gasteiger partial charge in [0.2, 0.25) is 0 Å². The fourth-order valence-corrected chi connectivity index (χ4v) is 2.71. The Hall–Kier alpha value is -2.49. The Morgan fingerprint density at radius 2 is 1.67 bits per heavy atom.